The number of amides is 2. The SMILES string of the molecule is O=C(NCc1ccco1)C1CCN(C(=O)CCc2ccccc2)CC1. The Labute approximate surface area is 148 Å². The fraction of sp³-hybridized carbons (Fsp3) is 0.400. The van der Waals surface area contributed by atoms with E-state index in [1.807, 2.05) is 41.3 Å². The molecule has 0 saturated carbocycles. The van der Waals surface area contributed by atoms with E-state index in [9.17, 15) is 9.59 Å². The van der Waals surface area contributed by atoms with Crippen LogP contribution in [0.15, 0.2) is 53.1 Å². The molecule has 2 aromatic rings. The van der Waals surface area contributed by atoms with E-state index in [0.717, 1.165) is 25.0 Å². The van der Waals surface area contributed by atoms with Gasteiger partial charge in [0.25, 0.3) is 0 Å². The highest BCUT2D eigenvalue weighted by Gasteiger charge is 2.27. The number of carbonyl (C=O) groups excluding carboxylic acids is 2. The van der Waals surface area contributed by atoms with Gasteiger partial charge >= 0.3 is 0 Å². The van der Waals surface area contributed by atoms with Gasteiger partial charge < -0.3 is 14.6 Å². The maximum Gasteiger partial charge on any atom is 0.223 e. The van der Waals surface area contributed by atoms with Gasteiger partial charge in [-0.15, -0.1) is 0 Å². The first-order chi connectivity index (χ1) is 12.2. The number of piperidine rings is 1. The van der Waals surface area contributed by atoms with Crippen LogP contribution in [0.4, 0.5) is 0 Å². The van der Waals surface area contributed by atoms with Crippen LogP contribution in [-0.4, -0.2) is 29.8 Å². The fourth-order valence-corrected chi connectivity index (χ4v) is 3.18. The number of nitrogens with one attached hydrogen (secondary N) is 1. The lowest BCUT2D eigenvalue weighted by molar-refractivity contribution is -0.135. The first kappa shape index (κ1) is 17.3. The van der Waals surface area contributed by atoms with Gasteiger partial charge in [-0.05, 0) is 37.0 Å². The Balaban J connectivity index is 1.38. The highest BCUT2D eigenvalue weighted by molar-refractivity contribution is 5.80. The standard InChI is InChI=1S/C20H24N2O3/c23-19(9-8-16-5-2-1-3-6-16)22-12-10-17(11-13-22)20(24)21-15-18-7-4-14-25-18/h1-7,14,17H,8-13,15H2,(H,21,24). The zero-order valence-corrected chi connectivity index (χ0v) is 14.3. The van der Waals surface area contributed by atoms with Gasteiger partial charge in [0.1, 0.15) is 5.76 Å². The third kappa shape index (κ3) is 4.95. The minimum atomic E-state index is -0.0202. The van der Waals surface area contributed by atoms with Crippen molar-refractivity contribution in [2.45, 2.75) is 32.2 Å². The highest BCUT2D eigenvalue weighted by atomic mass is 16.3. The van der Waals surface area contributed by atoms with Gasteiger partial charge in [0.05, 0.1) is 12.8 Å². The van der Waals surface area contributed by atoms with Crippen molar-refractivity contribution in [2.75, 3.05) is 13.1 Å². The van der Waals surface area contributed by atoms with Gasteiger partial charge in [-0.3, -0.25) is 9.59 Å². The Morgan fingerprint density at radius 2 is 1.84 bits per heavy atom. The Hall–Kier alpha value is -2.56. The molecule has 0 unspecified atom stereocenters. The van der Waals surface area contributed by atoms with Crippen molar-refractivity contribution < 1.29 is 14.0 Å². The second-order valence-corrected chi connectivity index (χ2v) is 6.44. The summed E-state index contributed by atoms with van der Waals surface area (Å²) in [6.45, 7) is 1.74. The van der Waals surface area contributed by atoms with Crippen LogP contribution in [0.1, 0.15) is 30.6 Å². The van der Waals surface area contributed by atoms with E-state index in [4.69, 9.17) is 4.42 Å². The van der Waals surface area contributed by atoms with E-state index in [2.05, 4.69) is 5.32 Å². The molecule has 1 aliphatic heterocycles. The summed E-state index contributed by atoms with van der Waals surface area (Å²) in [4.78, 5) is 26.5. The van der Waals surface area contributed by atoms with Crippen molar-refractivity contribution in [3.8, 4) is 0 Å². The summed E-state index contributed by atoms with van der Waals surface area (Å²) in [6.07, 6.45) is 4.34. The van der Waals surface area contributed by atoms with E-state index < -0.39 is 0 Å². The fourth-order valence-electron chi connectivity index (χ4n) is 3.18. The van der Waals surface area contributed by atoms with Crippen molar-refractivity contribution in [3.05, 3.63) is 60.1 Å². The lowest BCUT2D eigenvalue weighted by Crippen LogP contribution is -2.43. The largest absolute Gasteiger partial charge is 0.467 e. The second kappa shape index (κ2) is 8.51. The maximum absolute atomic E-state index is 12.3. The maximum atomic E-state index is 12.3. The van der Waals surface area contributed by atoms with Crippen LogP contribution in [0.2, 0.25) is 0 Å². The van der Waals surface area contributed by atoms with Crippen molar-refractivity contribution in [2.24, 2.45) is 5.92 Å². The van der Waals surface area contributed by atoms with Gasteiger partial charge in [-0.2, -0.15) is 0 Å². The zero-order chi connectivity index (χ0) is 17.5. The molecule has 3 rings (SSSR count). The number of aryl methyl sites for hydroxylation is 1. The van der Waals surface area contributed by atoms with E-state index in [1.165, 1.54) is 5.56 Å². The van der Waals surface area contributed by atoms with Gasteiger partial charge in [0, 0.05) is 25.4 Å². The van der Waals surface area contributed by atoms with E-state index in [0.29, 0.717) is 26.1 Å². The number of nitrogens with zero attached hydrogens (tertiary/aromatic N) is 1. The predicted octanol–water partition coefficient (Wildman–Crippen LogP) is 2.77. The molecule has 132 valence electrons. The average molecular weight is 340 g/mol. The summed E-state index contributed by atoms with van der Waals surface area (Å²) < 4.78 is 5.22. The van der Waals surface area contributed by atoms with Crippen LogP contribution in [-0.2, 0) is 22.6 Å². The molecule has 1 N–H and O–H groups in total. The number of benzene rings is 1. The molecule has 1 saturated heterocycles. The summed E-state index contributed by atoms with van der Waals surface area (Å²) in [5, 5.41) is 2.91. The summed E-state index contributed by atoms with van der Waals surface area (Å²) >= 11 is 0. The Morgan fingerprint density at radius 1 is 1.08 bits per heavy atom. The molecule has 0 atom stereocenters. The normalized spacial score (nSPS) is 15.1. The quantitative estimate of drug-likeness (QED) is 0.879. The van der Waals surface area contributed by atoms with Crippen LogP contribution in [0.5, 0.6) is 0 Å². The van der Waals surface area contributed by atoms with E-state index in [1.54, 1.807) is 12.3 Å². The number of likely N-dealkylation sites (tertiary alicyclic amines) is 1. The highest BCUT2D eigenvalue weighted by Crippen LogP contribution is 2.19. The molecule has 2 amide bonds. The van der Waals surface area contributed by atoms with Gasteiger partial charge in [-0.1, -0.05) is 30.3 Å². The molecule has 1 aromatic heterocycles. The van der Waals surface area contributed by atoms with E-state index in [-0.39, 0.29) is 17.7 Å². The zero-order valence-electron chi connectivity index (χ0n) is 14.3. The molecule has 0 aliphatic carbocycles. The summed E-state index contributed by atoms with van der Waals surface area (Å²) in [6, 6.07) is 13.7. The van der Waals surface area contributed by atoms with Gasteiger partial charge in [-0.25, -0.2) is 0 Å². The van der Waals surface area contributed by atoms with Crippen LogP contribution >= 0.6 is 0 Å². The molecule has 0 bridgehead atoms. The van der Waals surface area contributed by atoms with Crippen molar-refractivity contribution in [1.29, 1.82) is 0 Å². The molecule has 1 aromatic carbocycles. The summed E-state index contributed by atoms with van der Waals surface area (Å²) in [7, 11) is 0. The number of furan rings is 1. The van der Waals surface area contributed by atoms with Crippen molar-refractivity contribution >= 4 is 11.8 Å². The topological polar surface area (TPSA) is 62.6 Å². The number of hydrogen-bond donors (Lipinski definition) is 1. The minimum Gasteiger partial charge on any atom is -0.467 e. The smallest absolute Gasteiger partial charge is 0.223 e. The molecular weight excluding hydrogens is 316 g/mol. The van der Waals surface area contributed by atoms with Crippen molar-refractivity contribution in [3.63, 3.8) is 0 Å². The molecule has 0 radical (unpaired) electrons. The summed E-state index contributed by atoms with van der Waals surface area (Å²) in [5.74, 6) is 0.959. The van der Waals surface area contributed by atoms with Crippen LogP contribution in [0.25, 0.3) is 0 Å². The van der Waals surface area contributed by atoms with Crippen LogP contribution in [0, 0.1) is 5.92 Å². The monoisotopic (exact) mass is 340 g/mol. The molecule has 5 heteroatoms. The first-order valence-corrected chi connectivity index (χ1v) is 8.84. The second-order valence-electron chi connectivity index (χ2n) is 6.44. The lowest BCUT2D eigenvalue weighted by Gasteiger charge is -2.31. The summed E-state index contributed by atoms with van der Waals surface area (Å²) in [5.41, 5.74) is 1.18. The number of hydrogen-bond acceptors (Lipinski definition) is 3. The van der Waals surface area contributed by atoms with E-state index >= 15 is 0 Å². The minimum absolute atomic E-state index is 0.0202. The third-order valence-electron chi connectivity index (χ3n) is 4.71. The first-order valence-electron chi connectivity index (χ1n) is 8.84. The molecule has 2 heterocycles. The Bertz CT molecular complexity index is 674. The molecule has 0 spiro atoms. The number of rotatable bonds is 6. The van der Waals surface area contributed by atoms with Crippen LogP contribution in [0.3, 0.4) is 0 Å². The number of carbonyl (C=O) groups is 2. The predicted molar refractivity (Wildman–Crippen MR) is 94.6 cm³/mol. The molecule has 1 fully saturated rings. The molecule has 25 heavy (non-hydrogen) atoms. The van der Waals surface area contributed by atoms with Gasteiger partial charge in [0.15, 0.2) is 0 Å². The molecule has 5 nitrogen and oxygen atoms in total. The lowest BCUT2D eigenvalue weighted by atomic mass is 9.95. The van der Waals surface area contributed by atoms with Crippen LogP contribution < -0.4 is 5.32 Å². The molecular formula is C20H24N2O3. The average Bonchev–Trinajstić information content (AvgIpc) is 3.19. The Kier molecular flexibility index (Phi) is 5.88. The van der Waals surface area contributed by atoms with Gasteiger partial charge in [0.2, 0.25) is 11.8 Å². The Morgan fingerprint density at radius 3 is 2.52 bits per heavy atom. The third-order valence-corrected chi connectivity index (χ3v) is 4.71. The molecule has 1 aliphatic rings. The van der Waals surface area contributed by atoms with Crippen molar-refractivity contribution in [1.82, 2.24) is 10.2 Å².